The Labute approximate surface area is 643 Å². The molecule has 6 aromatic rings. The largest absolute Gasteiger partial charge is 0.463 e. The molecular weight excluding hydrogens is 1380 g/mol. The molecule has 584 valence electrons. The molecule has 18 heteroatoms. The normalized spacial score (nSPS) is 37.5. The van der Waals surface area contributed by atoms with E-state index in [0.29, 0.717) is 48.3 Å². The van der Waals surface area contributed by atoms with Crippen molar-refractivity contribution in [3.63, 3.8) is 0 Å². The number of fused-ring (bicyclic) bond motifs is 7. The van der Waals surface area contributed by atoms with E-state index in [0.717, 1.165) is 84.9 Å². The maximum Gasteiger partial charge on any atom is 0.303 e. The van der Waals surface area contributed by atoms with E-state index in [1.165, 1.54) is 19.4 Å². The lowest BCUT2D eigenvalue weighted by atomic mass is 9.47. The molecule has 0 radical (unpaired) electrons. The lowest BCUT2D eigenvalue weighted by molar-refractivity contribution is -0.396. The van der Waals surface area contributed by atoms with E-state index in [1.54, 1.807) is 0 Å². The van der Waals surface area contributed by atoms with Crippen LogP contribution in [0.25, 0.3) is 0 Å². The van der Waals surface area contributed by atoms with Gasteiger partial charge in [0, 0.05) is 26.2 Å². The van der Waals surface area contributed by atoms with Crippen LogP contribution >= 0.6 is 0 Å². The van der Waals surface area contributed by atoms with Gasteiger partial charge in [-0.05, 0) is 139 Å². The smallest absolute Gasteiger partial charge is 0.303 e. The number of carbonyl (C=O) groups is 2. The van der Waals surface area contributed by atoms with Crippen molar-refractivity contribution in [1.29, 1.82) is 0 Å². The van der Waals surface area contributed by atoms with Gasteiger partial charge in [-0.2, -0.15) is 0 Å². The average molecular weight is 1490 g/mol. The first-order valence-electron chi connectivity index (χ1n) is 40.2. The maximum atomic E-state index is 14.5. The fraction of sp³-hybridized carbons (Fsp3) is 0.560. The number of carbonyl (C=O) groups excluding carboxylic acids is 2. The van der Waals surface area contributed by atoms with Gasteiger partial charge in [-0.1, -0.05) is 221 Å². The molecule has 0 bridgehead atoms. The molecule has 15 rings (SSSR count). The highest BCUT2D eigenvalue weighted by Gasteiger charge is 2.69. The molecule has 18 nitrogen and oxygen atoms in total. The fourth-order valence-corrected chi connectivity index (χ4v) is 20.2. The van der Waals surface area contributed by atoms with E-state index in [2.05, 4.69) is 33.8 Å². The van der Waals surface area contributed by atoms with Crippen LogP contribution in [0.15, 0.2) is 194 Å². The van der Waals surface area contributed by atoms with E-state index in [4.69, 9.17) is 75.8 Å². The molecule has 5 heterocycles. The first-order chi connectivity index (χ1) is 53.0. The zero-order chi connectivity index (χ0) is 75.2. The topological polar surface area (TPSA) is 182 Å². The Kier molecular flexibility index (Phi) is 24.8. The third-order valence-electron chi connectivity index (χ3n) is 25.7. The van der Waals surface area contributed by atoms with E-state index in [9.17, 15) is 9.59 Å². The van der Waals surface area contributed by atoms with E-state index in [-0.39, 0.29) is 63.2 Å². The third kappa shape index (κ3) is 17.4. The predicted octanol–water partition coefficient (Wildman–Crippen LogP) is 15.7. The minimum absolute atomic E-state index is 0.0771. The second kappa shape index (κ2) is 34.8. The summed E-state index contributed by atoms with van der Waals surface area (Å²) in [5.74, 6) is 1.21. The van der Waals surface area contributed by atoms with Crippen molar-refractivity contribution >= 4 is 11.9 Å². The number of hydrogen-bond acceptors (Lipinski definition) is 18. The standard InChI is InChI=1S/C91H112O18/c1-57-41-46-91(101-49-57)58(2)76-74(109-91)48-73-71-40-39-69-47-70(42-44-89(69,7)72(71)43-45-90(73,76)8)105-88-85(108-87-84(100-55-68-37-25-14-26-38-68)81(98-53-66-33-21-12-22-34-66)78(60(4)103-87)96-51-64-29-17-10-18-30-64)82(104-62(6)93)79(75(106-88)56-94-61(5)92)107-86-83(99-54-67-35-23-13-24-36-67)80(97-52-65-31-19-11-20-32-65)77(59(3)102-86)95-50-63-27-15-9-16-28-63/h9-39,57-60,70-88H,40-56H2,1-8H3/t57-,58+,59+,60+,70+,71-,72+,73+,74+,75-,76-,77+,78+,79-,80-,81-,82+,83-,84-,85-,86+,87+,88-,89+,90+,91+/m1/s1. The summed E-state index contributed by atoms with van der Waals surface area (Å²) in [6.07, 6.45) is -4.57. The average Bonchev–Trinajstić information content (AvgIpc) is 1.56. The maximum absolute atomic E-state index is 14.5. The molecule has 4 aliphatic carbocycles. The SMILES string of the molecule is CC(=O)OC[C@H]1O[C@@H](O[C@H]2CC[C@@]3(C)C(=CC[C@H]4[C@@H]5C[C@@H]6O[C@@]7(CC[C@@H](C)CO7)[C@@H](C)[C@H]6[C@@]5(C)CC[C@@H]43)C2)[C@H](O[C@@H]2O[C@@H](C)[C@H](OCc3ccccc3)[C@@H](OCc3ccccc3)[C@H]2OCc2ccccc2)[C@@H](OC(C)=O)[C@@H]1O[C@@H]1O[C@@H](C)[C@H](OCc2ccccc2)[C@@H](OCc2ccccc2)[C@H]1OCc1ccccc1. The van der Waals surface area contributed by atoms with Gasteiger partial charge in [0.2, 0.25) is 0 Å². The van der Waals surface area contributed by atoms with E-state index >= 15 is 0 Å². The summed E-state index contributed by atoms with van der Waals surface area (Å²) in [5.41, 5.74) is 7.06. The molecule has 6 aromatic carbocycles. The molecule has 5 aliphatic heterocycles. The molecule has 5 saturated heterocycles. The zero-order valence-corrected chi connectivity index (χ0v) is 64.5. The lowest BCUT2D eigenvalue weighted by Gasteiger charge is -2.59. The predicted molar refractivity (Wildman–Crippen MR) is 406 cm³/mol. The van der Waals surface area contributed by atoms with Gasteiger partial charge in [0.25, 0.3) is 0 Å². The molecule has 26 atom stereocenters. The van der Waals surface area contributed by atoms with Crippen molar-refractivity contribution in [2.45, 2.75) is 263 Å². The molecule has 1 spiro atoms. The molecular formula is C91H112O18. The number of benzene rings is 6. The summed E-state index contributed by atoms with van der Waals surface area (Å²) in [4.78, 5) is 27.8. The van der Waals surface area contributed by atoms with Gasteiger partial charge in [0.05, 0.1) is 70.7 Å². The van der Waals surface area contributed by atoms with Crippen molar-refractivity contribution in [1.82, 2.24) is 0 Å². The third-order valence-corrected chi connectivity index (χ3v) is 25.7. The highest BCUT2D eigenvalue weighted by Crippen LogP contribution is 2.71. The van der Waals surface area contributed by atoms with Crippen LogP contribution in [0.2, 0.25) is 0 Å². The molecule has 8 fully saturated rings. The van der Waals surface area contributed by atoms with Gasteiger partial charge >= 0.3 is 11.9 Å². The Hall–Kier alpha value is -6.56. The second-order valence-electron chi connectivity index (χ2n) is 32.9. The van der Waals surface area contributed by atoms with Crippen molar-refractivity contribution in [3.8, 4) is 0 Å². The number of allylic oxidation sites excluding steroid dienone is 1. The molecule has 0 N–H and O–H groups in total. The van der Waals surface area contributed by atoms with Crippen LogP contribution < -0.4 is 0 Å². The molecule has 0 amide bonds. The highest BCUT2D eigenvalue weighted by molar-refractivity contribution is 5.66. The number of rotatable bonds is 27. The highest BCUT2D eigenvalue weighted by atomic mass is 16.8. The van der Waals surface area contributed by atoms with Crippen molar-refractivity contribution in [3.05, 3.63) is 227 Å². The number of hydrogen-bond donors (Lipinski definition) is 0. The van der Waals surface area contributed by atoms with Gasteiger partial charge in [-0.25, -0.2) is 0 Å². The van der Waals surface area contributed by atoms with Gasteiger partial charge in [0.1, 0.15) is 55.4 Å². The van der Waals surface area contributed by atoms with Crippen molar-refractivity contribution < 1.29 is 85.4 Å². The summed E-state index contributed by atoms with van der Waals surface area (Å²) in [6.45, 7) is 18.0. The Balaban J connectivity index is 0.789. The van der Waals surface area contributed by atoms with Crippen LogP contribution in [0.3, 0.4) is 0 Å². The Bertz CT molecular complexity index is 3900. The summed E-state index contributed by atoms with van der Waals surface area (Å²) in [6, 6.07) is 59.7. The van der Waals surface area contributed by atoms with Crippen LogP contribution in [-0.4, -0.2) is 135 Å². The van der Waals surface area contributed by atoms with E-state index in [1.807, 2.05) is 196 Å². The fourth-order valence-electron chi connectivity index (χ4n) is 20.2. The number of esters is 2. The van der Waals surface area contributed by atoms with Crippen LogP contribution in [-0.2, 0) is 125 Å². The van der Waals surface area contributed by atoms with E-state index < -0.39 is 116 Å². The summed E-state index contributed by atoms with van der Waals surface area (Å²) in [5, 5.41) is 0. The Morgan fingerprint density at radius 1 is 0.459 bits per heavy atom. The summed E-state index contributed by atoms with van der Waals surface area (Å²) in [7, 11) is 0. The molecule has 109 heavy (non-hydrogen) atoms. The Morgan fingerprint density at radius 3 is 1.36 bits per heavy atom. The quantitative estimate of drug-likeness (QED) is 0.0350. The minimum Gasteiger partial charge on any atom is -0.463 e. The molecule has 3 saturated carbocycles. The number of ether oxygens (including phenoxy) is 16. The molecule has 0 unspecified atom stereocenters. The van der Waals surface area contributed by atoms with Gasteiger partial charge < -0.3 is 75.8 Å². The van der Waals surface area contributed by atoms with Gasteiger partial charge in [-0.3, -0.25) is 9.59 Å². The van der Waals surface area contributed by atoms with Crippen LogP contribution in [0.4, 0.5) is 0 Å². The van der Waals surface area contributed by atoms with Crippen LogP contribution in [0.5, 0.6) is 0 Å². The monoisotopic (exact) mass is 1490 g/mol. The summed E-state index contributed by atoms with van der Waals surface area (Å²) >= 11 is 0. The first-order valence-corrected chi connectivity index (χ1v) is 40.2. The van der Waals surface area contributed by atoms with Gasteiger partial charge in [0.15, 0.2) is 36.9 Å². The molecule has 0 aromatic heterocycles. The minimum atomic E-state index is -1.40. The molecule has 9 aliphatic rings. The Morgan fingerprint density at radius 2 is 0.908 bits per heavy atom. The van der Waals surface area contributed by atoms with Crippen molar-refractivity contribution in [2.24, 2.45) is 46.3 Å². The van der Waals surface area contributed by atoms with Crippen LogP contribution in [0, 0.1) is 46.3 Å². The van der Waals surface area contributed by atoms with Crippen LogP contribution in [0.1, 0.15) is 147 Å². The summed E-state index contributed by atoms with van der Waals surface area (Å²) < 4.78 is 114. The second-order valence-corrected chi connectivity index (χ2v) is 32.9. The zero-order valence-electron chi connectivity index (χ0n) is 64.5. The van der Waals surface area contributed by atoms with Gasteiger partial charge in [-0.15, -0.1) is 0 Å². The van der Waals surface area contributed by atoms with Crippen molar-refractivity contribution in [2.75, 3.05) is 13.2 Å². The lowest BCUT2D eigenvalue weighted by Crippen LogP contribution is -2.68. The first kappa shape index (κ1) is 77.7.